The minimum atomic E-state index is -0.800. The number of nitrogens with zero attached hydrogens (tertiary/aromatic N) is 1. The van der Waals surface area contributed by atoms with Gasteiger partial charge in [0.15, 0.2) is 0 Å². The molecule has 0 radical (unpaired) electrons. The molecule has 11 heteroatoms. The smallest absolute Gasteiger partial charge is 0.335 e. The second-order valence-electron chi connectivity index (χ2n) is 7.74. The van der Waals surface area contributed by atoms with Gasteiger partial charge in [0, 0.05) is 4.47 Å². The van der Waals surface area contributed by atoms with Crippen LogP contribution in [0.15, 0.2) is 63.0 Å². The van der Waals surface area contributed by atoms with Crippen molar-refractivity contribution in [1.29, 1.82) is 0 Å². The van der Waals surface area contributed by atoms with Gasteiger partial charge >= 0.3 is 6.03 Å². The van der Waals surface area contributed by atoms with Crippen molar-refractivity contribution in [2.75, 3.05) is 4.90 Å². The quantitative estimate of drug-likeness (QED) is 0.165. The lowest BCUT2D eigenvalue weighted by atomic mass is 10.1. The molecule has 4 amide bonds. The zero-order chi connectivity index (χ0) is 26.1. The summed E-state index contributed by atoms with van der Waals surface area (Å²) in [6.07, 6.45) is 1.44. The van der Waals surface area contributed by atoms with Gasteiger partial charge < -0.3 is 4.74 Å². The lowest BCUT2D eigenvalue weighted by molar-refractivity contribution is -0.122. The zero-order valence-electron chi connectivity index (χ0n) is 18.4. The van der Waals surface area contributed by atoms with Gasteiger partial charge in [-0.05, 0) is 111 Å². The van der Waals surface area contributed by atoms with E-state index < -0.39 is 17.8 Å². The average molecular weight is 765 g/mol. The van der Waals surface area contributed by atoms with Crippen LogP contribution in [0, 0.1) is 10.5 Å². The van der Waals surface area contributed by atoms with Crippen LogP contribution < -0.4 is 15.0 Å². The van der Waals surface area contributed by atoms with Gasteiger partial charge in [-0.2, -0.15) is 0 Å². The van der Waals surface area contributed by atoms with Crippen molar-refractivity contribution < 1.29 is 19.1 Å². The van der Waals surface area contributed by atoms with Crippen molar-refractivity contribution in [2.45, 2.75) is 13.5 Å². The molecule has 0 spiro atoms. The SMILES string of the molecule is Cc1cc(N2C(=O)NC(=O)/C(=C\c3cc(Br)c(OCc4ccc(Cl)c(Cl)c4)c(I)c3)C2=O)ccc1Br. The number of halogens is 5. The number of rotatable bonds is 5. The Hall–Kier alpha value is -1.92. The number of barbiturate groups is 1. The molecule has 3 aromatic rings. The number of aryl methyl sites for hydroxylation is 1. The highest BCUT2D eigenvalue weighted by atomic mass is 127. The van der Waals surface area contributed by atoms with E-state index in [0.29, 0.717) is 31.5 Å². The Morgan fingerprint density at radius 2 is 1.75 bits per heavy atom. The number of carbonyl (C=O) groups is 3. The molecule has 1 aliphatic rings. The summed E-state index contributed by atoms with van der Waals surface area (Å²) in [4.78, 5) is 39.2. The van der Waals surface area contributed by atoms with Gasteiger partial charge in [0.25, 0.3) is 11.8 Å². The number of benzene rings is 3. The fourth-order valence-corrected chi connectivity index (χ4v) is 5.75. The van der Waals surface area contributed by atoms with Crippen LogP contribution in [0.1, 0.15) is 16.7 Å². The Morgan fingerprint density at radius 1 is 1.00 bits per heavy atom. The highest BCUT2D eigenvalue weighted by Crippen LogP contribution is 2.34. The summed E-state index contributed by atoms with van der Waals surface area (Å²) in [5, 5.41) is 3.14. The predicted octanol–water partition coefficient (Wildman–Crippen LogP) is 7.68. The molecular formula is C25H15Br2Cl2IN2O4. The molecule has 6 nitrogen and oxygen atoms in total. The van der Waals surface area contributed by atoms with Crippen molar-refractivity contribution >= 4 is 107 Å². The van der Waals surface area contributed by atoms with E-state index in [-0.39, 0.29) is 12.2 Å². The number of ether oxygens (including phenoxy) is 1. The van der Waals surface area contributed by atoms with E-state index in [1.165, 1.54) is 6.08 Å². The lowest BCUT2D eigenvalue weighted by Crippen LogP contribution is -2.54. The molecule has 36 heavy (non-hydrogen) atoms. The van der Waals surface area contributed by atoms with Crippen molar-refractivity contribution in [1.82, 2.24) is 5.32 Å². The number of hydrogen-bond acceptors (Lipinski definition) is 4. The molecule has 3 aromatic carbocycles. The number of carbonyl (C=O) groups excluding carboxylic acids is 3. The van der Waals surface area contributed by atoms with Gasteiger partial charge in [-0.3, -0.25) is 14.9 Å². The Bertz CT molecular complexity index is 1440. The summed E-state index contributed by atoms with van der Waals surface area (Å²) in [6.45, 7) is 2.10. The highest BCUT2D eigenvalue weighted by Gasteiger charge is 2.37. The highest BCUT2D eigenvalue weighted by molar-refractivity contribution is 14.1. The standard InChI is InChI=1S/C25H15Br2Cl2IN2O4/c1-12-6-15(3-4-17(12)26)32-24(34)16(23(33)31-25(32)35)7-14-8-18(27)22(21(30)10-14)36-11-13-2-5-19(28)20(29)9-13/h2-10H,11H2,1H3,(H,31,33,35)/b16-7+. The summed E-state index contributed by atoms with van der Waals surface area (Å²) < 4.78 is 8.17. The van der Waals surface area contributed by atoms with Crippen LogP contribution in [0.4, 0.5) is 10.5 Å². The first-order valence-corrected chi connectivity index (χ1v) is 13.7. The normalized spacial score (nSPS) is 14.9. The molecule has 0 aromatic heterocycles. The first kappa shape index (κ1) is 27.1. The molecule has 0 atom stereocenters. The first-order valence-electron chi connectivity index (χ1n) is 10.3. The van der Waals surface area contributed by atoms with Gasteiger partial charge in [0.05, 0.1) is 23.8 Å². The molecule has 0 unspecified atom stereocenters. The minimum Gasteiger partial charge on any atom is -0.487 e. The van der Waals surface area contributed by atoms with Crippen molar-refractivity contribution in [3.63, 3.8) is 0 Å². The molecule has 1 N–H and O–H groups in total. The van der Waals surface area contributed by atoms with Crippen molar-refractivity contribution in [3.8, 4) is 5.75 Å². The Kier molecular flexibility index (Phi) is 8.45. The van der Waals surface area contributed by atoms with E-state index in [9.17, 15) is 14.4 Å². The third-order valence-corrected chi connectivity index (χ3v) is 8.22. The molecule has 0 aliphatic carbocycles. The fourth-order valence-electron chi connectivity index (χ4n) is 3.41. The summed E-state index contributed by atoms with van der Waals surface area (Å²) in [7, 11) is 0. The fraction of sp³-hybridized carbons (Fsp3) is 0.0800. The van der Waals surface area contributed by atoms with E-state index in [1.54, 1.807) is 42.5 Å². The van der Waals surface area contributed by atoms with Crippen LogP contribution >= 0.6 is 77.7 Å². The van der Waals surface area contributed by atoms with Gasteiger partial charge in [-0.15, -0.1) is 0 Å². The summed E-state index contributed by atoms with van der Waals surface area (Å²) in [5.74, 6) is -0.886. The van der Waals surface area contributed by atoms with E-state index in [1.807, 2.05) is 13.0 Å². The van der Waals surface area contributed by atoms with Crippen molar-refractivity contribution in [2.24, 2.45) is 0 Å². The van der Waals surface area contributed by atoms with E-state index in [2.05, 4.69) is 59.8 Å². The van der Waals surface area contributed by atoms with E-state index >= 15 is 0 Å². The van der Waals surface area contributed by atoms with Gasteiger partial charge in [0.2, 0.25) is 0 Å². The predicted molar refractivity (Wildman–Crippen MR) is 156 cm³/mol. The lowest BCUT2D eigenvalue weighted by Gasteiger charge is -2.26. The second-order valence-corrected chi connectivity index (χ2v) is 11.4. The molecule has 4 rings (SSSR count). The zero-order valence-corrected chi connectivity index (χ0v) is 25.2. The summed E-state index contributed by atoms with van der Waals surface area (Å²) in [6, 6.07) is 13.0. The Balaban J connectivity index is 1.61. The summed E-state index contributed by atoms with van der Waals surface area (Å²) in [5.41, 5.74) is 2.45. The molecular weight excluding hydrogens is 750 g/mol. The molecule has 1 fully saturated rings. The van der Waals surface area contributed by atoms with Crippen LogP contribution in [0.5, 0.6) is 5.75 Å². The number of urea groups is 1. The molecule has 0 saturated carbocycles. The Morgan fingerprint density at radius 3 is 2.42 bits per heavy atom. The third-order valence-electron chi connectivity index (χ3n) is 5.20. The maximum absolute atomic E-state index is 13.2. The average Bonchev–Trinajstić information content (AvgIpc) is 2.80. The number of imide groups is 2. The van der Waals surface area contributed by atoms with Crippen LogP contribution in [0.3, 0.4) is 0 Å². The first-order chi connectivity index (χ1) is 17.0. The van der Waals surface area contributed by atoms with E-state index in [0.717, 1.165) is 24.1 Å². The second kappa shape index (κ2) is 11.2. The van der Waals surface area contributed by atoms with Crippen LogP contribution in [-0.2, 0) is 16.2 Å². The van der Waals surface area contributed by atoms with Crippen LogP contribution in [0.2, 0.25) is 10.0 Å². The molecule has 1 heterocycles. The summed E-state index contributed by atoms with van der Waals surface area (Å²) >= 11 is 21.1. The number of nitrogens with one attached hydrogen (secondary N) is 1. The molecule has 184 valence electrons. The minimum absolute atomic E-state index is 0.164. The van der Waals surface area contributed by atoms with Gasteiger partial charge in [-0.1, -0.05) is 45.2 Å². The maximum atomic E-state index is 13.2. The maximum Gasteiger partial charge on any atom is 0.335 e. The van der Waals surface area contributed by atoms with Gasteiger partial charge in [-0.25, -0.2) is 9.69 Å². The number of amides is 4. The monoisotopic (exact) mass is 762 g/mol. The number of hydrogen-bond donors (Lipinski definition) is 1. The van der Waals surface area contributed by atoms with Crippen LogP contribution in [-0.4, -0.2) is 17.8 Å². The van der Waals surface area contributed by atoms with Crippen molar-refractivity contribution in [3.05, 3.63) is 93.4 Å². The van der Waals surface area contributed by atoms with E-state index in [4.69, 9.17) is 27.9 Å². The molecule has 0 bridgehead atoms. The van der Waals surface area contributed by atoms with Gasteiger partial charge in [0.1, 0.15) is 17.9 Å². The molecule has 1 saturated heterocycles. The number of anilines is 1. The Labute approximate surface area is 247 Å². The van der Waals surface area contributed by atoms with Crippen LogP contribution in [0.25, 0.3) is 6.08 Å². The topological polar surface area (TPSA) is 75.7 Å². The third kappa shape index (κ3) is 5.80. The molecule has 1 aliphatic heterocycles. The largest absolute Gasteiger partial charge is 0.487 e.